The van der Waals surface area contributed by atoms with E-state index < -0.39 is 0 Å². The third kappa shape index (κ3) is 2.51. The van der Waals surface area contributed by atoms with Crippen molar-refractivity contribution in [3.8, 4) is 5.75 Å². The van der Waals surface area contributed by atoms with Gasteiger partial charge in [-0.3, -0.25) is 0 Å². The van der Waals surface area contributed by atoms with E-state index in [4.69, 9.17) is 4.74 Å². The van der Waals surface area contributed by atoms with E-state index in [9.17, 15) is 0 Å². The third-order valence-corrected chi connectivity index (χ3v) is 4.64. The van der Waals surface area contributed by atoms with E-state index in [0.717, 1.165) is 11.7 Å². The van der Waals surface area contributed by atoms with E-state index in [2.05, 4.69) is 50.4 Å². The lowest BCUT2D eigenvalue weighted by Crippen LogP contribution is -2.45. The Bertz CT molecular complexity index is 454. The zero-order valence-electron chi connectivity index (χ0n) is 12.3. The number of hydrogen-bond acceptors (Lipinski definition) is 2. The smallest absolute Gasteiger partial charge is 0.125 e. The number of rotatable bonds is 2. The van der Waals surface area contributed by atoms with Crippen molar-refractivity contribution in [2.45, 2.75) is 64.1 Å². The number of hydrogen-bond donors (Lipinski definition) is 1. The normalized spacial score (nSPS) is 32.7. The Kier molecular flexibility index (Phi) is 3.30. The quantitative estimate of drug-likeness (QED) is 0.864. The topological polar surface area (TPSA) is 21.3 Å². The number of para-hydroxylation sites is 1. The van der Waals surface area contributed by atoms with E-state index >= 15 is 0 Å². The minimum absolute atomic E-state index is 0.148. The van der Waals surface area contributed by atoms with Gasteiger partial charge >= 0.3 is 0 Å². The fraction of sp³-hybridized carbons (Fsp3) is 0.647. The van der Waals surface area contributed by atoms with Gasteiger partial charge in [0.2, 0.25) is 0 Å². The van der Waals surface area contributed by atoms with Gasteiger partial charge < -0.3 is 10.1 Å². The fourth-order valence-electron chi connectivity index (χ4n) is 3.64. The van der Waals surface area contributed by atoms with Crippen LogP contribution in [0, 0.1) is 5.92 Å². The van der Waals surface area contributed by atoms with Crippen LogP contribution in [0.15, 0.2) is 24.3 Å². The Balaban J connectivity index is 1.79. The molecule has 2 nitrogen and oxygen atoms in total. The van der Waals surface area contributed by atoms with Crippen molar-refractivity contribution in [2.24, 2.45) is 5.92 Å². The summed E-state index contributed by atoms with van der Waals surface area (Å²) in [6, 6.07) is 9.42. The van der Waals surface area contributed by atoms with Crippen molar-refractivity contribution in [3.05, 3.63) is 29.8 Å². The second-order valence-corrected chi connectivity index (χ2v) is 6.81. The summed E-state index contributed by atoms with van der Waals surface area (Å²) in [5.74, 6) is 1.90. The predicted octanol–water partition coefficient (Wildman–Crippen LogP) is 4.07. The minimum Gasteiger partial charge on any atom is -0.486 e. The van der Waals surface area contributed by atoms with Crippen LogP contribution in [-0.4, -0.2) is 11.6 Å². The van der Waals surface area contributed by atoms with Gasteiger partial charge in [-0.25, -0.2) is 0 Å². The number of benzene rings is 1. The maximum absolute atomic E-state index is 6.11. The summed E-state index contributed by atoms with van der Waals surface area (Å²) in [7, 11) is 0. The number of fused-ring (bicyclic) bond motifs is 1. The number of ether oxygens (including phenoxy) is 1. The molecule has 3 unspecified atom stereocenters. The molecule has 0 amide bonds. The average molecular weight is 259 g/mol. The lowest BCUT2D eigenvalue weighted by molar-refractivity contribution is 0.0856. The van der Waals surface area contributed by atoms with Crippen molar-refractivity contribution in [3.63, 3.8) is 0 Å². The van der Waals surface area contributed by atoms with Crippen molar-refractivity contribution in [1.82, 2.24) is 5.32 Å². The zero-order valence-corrected chi connectivity index (χ0v) is 12.3. The molecule has 104 valence electrons. The highest BCUT2D eigenvalue weighted by Gasteiger charge is 2.42. The summed E-state index contributed by atoms with van der Waals surface area (Å²) in [4.78, 5) is 0. The standard InChI is InChI=1S/C17H25NO/c1-12-7-6-8-13(11-12)18-16-14-9-4-5-10-15(14)19-17(16,2)3/h4-5,9-10,12-13,16,18H,6-8,11H2,1-3H3. The summed E-state index contributed by atoms with van der Waals surface area (Å²) in [6.07, 6.45) is 5.35. The lowest BCUT2D eigenvalue weighted by atomic mass is 9.85. The van der Waals surface area contributed by atoms with Gasteiger partial charge in [0.25, 0.3) is 0 Å². The third-order valence-electron chi connectivity index (χ3n) is 4.64. The van der Waals surface area contributed by atoms with Crippen LogP contribution in [0.25, 0.3) is 0 Å². The van der Waals surface area contributed by atoms with Gasteiger partial charge in [-0.1, -0.05) is 38.0 Å². The molecule has 0 spiro atoms. The first-order valence-electron chi connectivity index (χ1n) is 7.60. The van der Waals surface area contributed by atoms with E-state index in [1.807, 2.05) is 0 Å². The summed E-state index contributed by atoms with van der Waals surface area (Å²) >= 11 is 0. The molecule has 1 aliphatic heterocycles. The van der Waals surface area contributed by atoms with Crippen LogP contribution in [0.2, 0.25) is 0 Å². The Labute approximate surface area is 116 Å². The molecule has 1 aromatic carbocycles. The molecule has 3 atom stereocenters. The molecule has 0 saturated heterocycles. The van der Waals surface area contributed by atoms with Gasteiger partial charge in [0.1, 0.15) is 11.4 Å². The van der Waals surface area contributed by atoms with Crippen LogP contribution in [0.1, 0.15) is 58.1 Å². The zero-order chi connectivity index (χ0) is 13.5. The molecule has 1 aliphatic carbocycles. The molecule has 3 rings (SSSR count). The van der Waals surface area contributed by atoms with Crippen molar-refractivity contribution >= 4 is 0 Å². The minimum atomic E-state index is -0.148. The molecule has 0 radical (unpaired) electrons. The highest BCUT2D eigenvalue weighted by atomic mass is 16.5. The first-order chi connectivity index (χ1) is 9.06. The van der Waals surface area contributed by atoms with Gasteiger partial charge in [-0.15, -0.1) is 0 Å². The monoisotopic (exact) mass is 259 g/mol. The molecule has 2 aliphatic rings. The Morgan fingerprint density at radius 2 is 2.00 bits per heavy atom. The van der Waals surface area contributed by atoms with E-state index in [-0.39, 0.29) is 5.60 Å². The summed E-state index contributed by atoms with van der Waals surface area (Å²) in [5.41, 5.74) is 1.18. The Hall–Kier alpha value is -1.02. The van der Waals surface area contributed by atoms with Gasteiger partial charge in [0.15, 0.2) is 0 Å². The molecular weight excluding hydrogens is 234 g/mol. The van der Waals surface area contributed by atoms with Crippen LogP contribution in [0.5, 0.6) is 5.75 Å². The molecule has 1 saturated carbocycles. The molecule has 1 fully saturated rings. The summed E-state index contributed by atoms with van der Waals surface area (Å²) in [5, 5.41) is 3.87. The van der Waals surface area contributed by atoms with Gasteiger partial charge in [0, 0.05) is 11.6 Å². The van der Waals surface area contributed by atoms with Gasteiger partial charge in [-0.2, -0.15) is 0 Å². The molecule has 0 aromatic heterocycles. The van der Waals surface area contributed by atoms with Crippen LogP contribution in [0.3, 0.4) is 0 Å². The SMILES string of the molecule is CC1CCCC(NC2c3ccccc3OC2(C)C)C1. The Morgan fingerprint density at radius 1 is 1.21 bits per heavy atom. The highest BCUT2D eigenvalue weighted by Crippen LogP contribution is 2.43. The van der Waals surface area contributed by atoms with Crippen molar-refractivity contribution in [1.29, 1.82) is 0 Å². The van der Waals surface area contributed by atoms with Crippen LogP contribution in [-0.2, 0) is 0 Å². The molecule has 2 heteroatoms. The second kappa shape index (κ2) is 4.82. The van der Waals surface area contributed by atoms with E-state index in [0.29, 0.717) is 12.1 Å². The molecular formula is C17H25NO. The van der Waals surface area contributed by atoms with Gasteiger partial charge in [-0.05, 0) is 38.7 Å². The summed E-state index contributed by atoms with van der Waals surface area (Å²) in [6.45, 7) is 6.76. The summed E-state index contributed by atoms with van der Waals surface area (Å²) < 4.78 is 6.11. The second-order valence-electron chi connectivity index (χ2n) is 6.81. The van der Waals surface area contributed by atoms with Crippen molar-refractivity contribution in [2.75, 3.05) is 0 Å². The average Bonchev–Trinajstić information content (AvgIpc) is 2.61. The maximum Gasteiger partial charge on any atom is 0.125 e. The molecule has 0 bridgehead atoms. The Morgan fingerprint density at radius 3 is 2.79 bits per heavy atom. The van der Waals surface area contributed by atoms with Gasteiger partial charge in [0.05, 0.1) is 6.04 Å². The largest absolute Gasteiger partial charge is 0.486 e. The molecule has 1 heterocycles. The maximum atomic E-state index is 6.11. The molecule has 1 aromatic rings. The van der Waals surface area contributed by atoms with E-state index in [1.54, 1.807) is 0 Å². The lowest BCUT2D eigenvalue weighted by Gasteiger charge is -2.34. The molecule has 19 heavy (non-hydrogen) atoms. The van der Waals surface area contributed by atoms with E-state index in [1.165, 1.54) is 31.2 Å². The predicted molar refractivity (Wildman–Crippen MR) is 78.4 cm³/mol. The van der Waals surface area contributed by atoms with Crippen LogP contribution in [0.4, 0.5) is 0 Å². The first kappa shape index (κ1) is 13.0. The van der Waals surface area contributed by atoms with Crippen molar-refractivity contribution < 1.29 is 4.74 Å². The first-order valence-corrected chi connectivity index (χ1v) is 7.60. The fourth-order valence-corrected chi connectivity index (χ4v) is 3.64. The number of nitrogens with one attached hydrogen (secondary N) is 1. The highest BCUT2D eigenvalue weighted by molar-refractivity contribution is 5.42. The molecule has 1 N–H and O–H groups in total. The van der Waals surface area contributed by atoms with Crippen LogP contribution < -0.4 is 10.1 Å². The van der Waals surface area contributed by atoms with Crippen LogP contribution >= 0.6 is 0 Å².